The Labute approximate surface area is 198 Å². The van der Waals surface area contributed by atoms with Gasteiger partial charge in [-0.2, -0.15) is 8.42 Å². The van der Waals surface area contributed by atoms with E-state index in [1.807, 2.05) is 0 Å². The summed E-state index contributed by atoms with van der Waals surface area (Å²) in [6.45, 7) is 6.15. The fourth-order valence-corrected chi connectivity index (χ4v) is 4.63. The second-order valence-electron chi connectivity index (χ2n) is 8.91. The molecular formula is C25H51NO5S. The van der Waals surface area contributed by atoms with Crippen molar-refractivity contribution < 1.29 is 21.6 Å². The maximum Gasteiger partial charge on any atom is 0.400 e. The summed E-state index contributed by atoms with van der Waals surface area (Å²) in [7, 11) is -3.90. The molecule has 0 fully saturated rings. The predicted octanol–water partition coefficient (Wildman–Crippen LogP) is 6.83. The van der Waals surface area contributed by atoms with E-state index in [2.05, 4.69) is 16.4 Å². The highest BCUT2D eigenvalue weighted by atomic mass is 32.3. The molecule has 192 valence electrons. The van der Waals surface area contributed by atoms with Crippen LogP contribution in [0.3, 0.4) is 0 Å². The molecule has 0 aliphatic heterocycles. The molecule has 0 spiro atoms. The maximum atomic E-state index is 11.9. The fourth-order valence-electron chi connectivity index (χ4n) is 3.78. The van der Waals surface area contributed by atoms with Crippen LogP contribution < -0.4 is 5.32 Å². The average molecular weight is 478 g/mol. The van der Waals surface area contributed by atoms with Gasteiger partial charge in [-0.25, -0.2) is 8.37 Å². The molecule has 1 unspecified atom stereocenters. The molecule has 0 saturated heterocycles. The largest absolute Gasteiger partial charge is 0.400 e. The molecule has 0 aromatic rings. The van der Waals surface area contributed by atoms with Crippen LogP contribution in [0.4, 0.5) is 0 Å². The first kappa shape index (κ1) is 31.3. The minimum Gasteiger partial charge on any atom is -0.356 e. The lowest BCUT2D eigenvalue weighted by Crippen LogP contribution is -2.25. The van der Waals surface area contributed by atoms with Crippen molar-refractivity contribution in [1.82, 2.24) is 5.32 Å². The lowest BCUT2D eigenvalue weighted by molar-refractivity contribution is -0.121. The van der Waals surface area contributed by atoms with Gasteiger partial charge in [-0.05, 0) is 33.1 Å². The van der Waals surface area contributed by atoms with Gasteiger partial charge in [0.15, 0.2) is 0 Å². The summed E-state index contributed by atoms with van der Waals surface area (Å²) in [6.07, 6.45) is 21.1. The Hall–Kier alpha value is -0.660. The van der Waals surface area contributed by atoms with Crippen LogP contribution in [0, 0.1) is 0 Å². The van der Waals surface area contributed by atoms with Crippen LogP contribution in [-0.2, 0) is 23.6 Å². The number of hydrogen-bond donors (Lipinski definition) is 1. The summed E-state index contributed by atoms with van der Waals surface area (Å²) < 4.78 is 32.2. The molecule has 0 aromatic heterocycles. The van der Waals surface area contributed by atoms with Gasteiger partial charge in [0.25, 0.3) is 0 Å². The van der Waals surface area contributed by atoms with Gasteiger partial charge in [0.2, 0.25) is 5.91 Å². The minimum absolute atomic E-state index is 0.0599. The van der Waals surface area contributed by atoms with Crippen molar-refractivity contribution in [1.29, 1.82) is 0 Å². The number of hydrogen-bond acceptors (Lipinski definition) is 5. The van der Waals surface area contributed by atoms with E-state index in [0.717, 1.165) is 12.8 Å². The Morgan fingerprint density at radius 3 is 1.69 bits per heavy atom. The van der Waals surface area contributed by atoms with E-state index < -0.39 is 16.5 Å². The molecule has 1 atom stereocenters. The highest BCUT2D eigenvalue weighted by Crippen LogP contribution is 2.13. The third-order valence-electron chi connectivity index (χ3n) is 5.66. The number of carbonyl (C=O) groups is 1. The van der Waals surface area contributed by atoms with E-state index in [0.29, 0.717) is 25.8 Å². The monoisotopic (exact) mass is 477 g/mol. The zero-order valence-electron chi connectivity index (χ0n) is 21.2. The van der Waals surface area contributed by atoms with Crippen molar-refractivity contribution in [2.75, 3.05) is 13.2 Å². The second kappa shape index (κ2) is 22.1. The summed E-state index contributed by atoms with van der Waals surface area (Å²) in [5.41, 5.74) is 0. The summed E-state index contributed by atoms with van der Waals surface area (Å²) in [4.78, 5) is 11.9. The van der Waals surface area contributed by atoms with Gasteiger partial charge in [-0.15, -0.1) is 0 Å². The zero-order valence-corrected chi connectivity index (χ0v) is 22.0. The first-order chi connectivity index (χ1) is 15.4. The van der Waals surface area contributed by atoms with E-state index in [-0.39, 0.29) is 12.5 Å². The lowest BCUT2D eigenvalue weighted by atomic mass is 10.0. The van der Waals surface area contributed by atoms with Crippen LogP contribution in [0.15, 0.2) is 0 Å². The predicted molar refractivity (Wildman–Crippen MR) is 133 cm³/mol. The van der Waals surface area contributed by atoms with E-state index in [1.165, 1.54) is 83.5 Å². The van der Waals surface area contributed by atoms with Gasteiger partial charge in [0, 0.05) is 13.0 Å². The Morgan fingerprint density at radius 1 is 0.750 bits per heavy atom. The van der Waals surface area contributed by atoms with Crippen LogP contribution in [0.25, 0.3) is 0 Å². The molecule has 0 bridgehead atoms. The fraction of sp³-hybridized carbons (Fsp3) is 0.960. The smallest absolute Gasteiger partial charge is 0.356 e. The highest BCUT2D eigenvalue weighted by molar-refractivity contribution is 7.81. The molecule has 32 heavy (non-hydrogen) atoms. The topological polar surface area (TPSA) is 81.7 Å². The van der Waals surface area contributed by atoms with Crippen LogP contribution >= 0.6 is 0 Å². The molecule has 1 N–H and O–H groups in total. The van der Waals surface area contributed by atoms with Gasteiger partial charge < -0.3 is 5.32 Å². The van der Waals surface area contributed by atoms with Crippen molar-refractivity contribution in [3.05, 3.63) is 0 Å². The molecule has 7 heteroatoms. The van der Waals surface area contributed by atoms with Crippen LogP contribution in [0.1, 0.15) is 136 Å². The molecule has 0 aromatic carbocycles. The molecule has 0 saturated carbocycles. The summed E-state index contributed by atoms with van der Waals surface area (Å²) in [5, 5.41) is 2.90. The van der Waals surface area contributed by atoms with E-state index in [9.17, 15) is 13.2 Å². The SMILES string of the molecule is CCCCCCCCCCCCCCCCCC(=O)NCCCC(C)OS(=O)(=O)OCC. The molecule has 0 rings (SSSR count). The maximum absolute atomic E-state index is 11.9. The highest BCUT2D eigenvalue weighted by Gasteiger charge is 2.15. The number of rotatable bonds is 24. The molecule has 1 amide bonds. The minimum atomic E-state index is -3.90. The Balaban J connectivity index is 3.36. The van der Waals surface area contributed by atoms with Crippen LogP contribution in [-0.4, -0.2) is 33.6 Å². The normalized spacial score (nSPS) is 12.7. The van der Waals surface area contributed by atoms with Gasteiger partial charge in [-0.3, -0.25) is 4.79 Å². The molecular weight excluding hydrogens is 426 g/mol. The summed E-state index contributed by atoms with van der Waals surface area (Å²) in [5.74, 6) is 0.0789. The second-order valence-corrected chi connectivity index (χ2v) is 10.2. The van der Waals surface area contributed by atoms with Crippen molar-refractivity contribution in [3.63, 3.8) is 0 Å². The molecule has 6 nitrogen and oxygen atoms in total. The van der Waals surface area contributed by atoms with Gasteiger partial charge in [0.05, 0.1) is 12.7 Å². The standard InChI is InChI=1S/C25H51NO5S/c1-4-6-7-8-9-10-11-12-13-14-15-16-17-18-19-22-25(27)26-23-20-21-24(3)31-32(28,29)30-5-2/h24H,4-23H2,1-3H3,(H,26,27). The van der Waals surface area contributed by atoms with E-state index >= 15 is 0 Å². The molecule has 0 heterocycles. The summed E-state index contributed by atoms with van der Waals surface area (Å²) >= 11 is 0. The third-order valence-corrected chi connectivity index (χ3v) is 6.75. The van der Waals surface area contributed by atoms with Gasteiger partial charge in [0.1, 0.15) is 0 Å². The Kier molecular flexibility index (Phi) is 21.7. The van der Waals surface area contributed by atoms with Crippen LogP contribution in [0.2, 0.25) is 0 Å². The molecule has 0 aliphatic rings. The average Bonchev–Trinajstić information content (AvgIpc) is 2.73. The van der Waals surface area contributed by atoms with Crippen molar-refractivity contribution in [2.24, 2.45) is 0 Å². The van der Waals surface area contributed by atoms with Crippen molar-refractivity contribution in [2.45, 2.75) is 142 Å². The Morgan fingerprint density at radius 2 is 1.22 bits per heavy atom. The van der Waals surface area contributed by atoms with E-state index in [1.54, 1.807) is 13.8 Å². The number of carbonyl (C=O) groups excluding carboxylic acids is 1. The quantitative estimate of drug-likeness (QED) is 0.154. The summed E-state index contributed by atoms with van der Waals surface area (Å²) in [6, 6.07) is 0. The third kappa shape index (κ3) is 22.5. The van der Waals surface area contributed by atoms with E-state index in [4.69, 9.17) is 4.18 Å². The first-order valence-corrected chi connectivity index (χ1v) is 14.6. The number of amides is 1. The van der Waals surface area contributed by atoms with Crippen molar-refractivity contribution >= 4 is 16.3 Å². The molecule has 0 radical (unpaired) electrons. The first-order valence-electron chi connectivity index (χ1n) is 13.3. The van der Waals surface area contributed by atoms with Gasteiger partial charge >= 0.3 is 10.4 Å². The van der Waals surface area contributed by atoms with Crippen LogP contribution in [0.5, 0.6) is 0 Å². The Bertz CT molecular complexity index is 524. The zero-order chi connectivity index (χ0) is 23.9. The number of unbranched alkanes of at least 4 members (excludes halogenated alkanes) is 14. The molecule has 0 aliphatic carbocycles. The van der Waals surface area contributed by atoms with Crippen molar-refractivity contribution in [3.8, 4) is 0 Å². The van der Waals surface area contributed by atoms with Gasteiger partial charge in [-0.1, -0.05) is 96.8 Å². The lowest BCUT2D eigenvalue weighted by Gasteiger charge is -2.12. The number of nitrogens with one attached hydrogen (secondary N) is 1.